The molecule has 1 aromatic rings. The Hall–Kier alpha value is -1.85. The Morgan fingerprint density at radius 1 is 1.23 bits per heavy atom. The third-order valence-corrected chi connectivity index (χ3v) is 3.66. The van der Waals surface area contributed by atoms with Crippen LogP contribution in [0.25, 0.3) is 0 Å². The van der Waals surface area contributed by atoms with Gasteiger partial charge < -0.3 is 16.0 Å². The Balaban J connectivity index is 2.19. The van der Waals surface area contributed by atoms with E-state index >= 15 is 0 Å². The highest BCUT2D eigenvalue weighted by atomic mass is 16.2. The molecule has 2 amide bonds. The molecule has 1 atom stereocenters. The molecule has 1 heterocycles. The van der Waals surface area contributed by atoms with Gasteiger partial charge in [0.05, 0.1) is 6.33 Å². The SMILES string of the molecule is CCCCCCCCCC(=O)N[C@@H](Cc1cnc[nH]1)C(N)=O. The molecule has 4 N–H and O–H groups in total. The second kappa shape index (κ2) is 10.8. The molecule has 0 bridgehead atoms. The van der Waals surface area contributed by atoms with Gasteiger partial charge >= 0.3 is 0 Å². The Labute approximate surface area is 132 Å². The zero-order valence-corrected chi connectivity index (χ0v) is 13.4. The average molecular weight is 308 g/mol. The van der Waals surface area contributed by atoms with E-state index < -0.39 is 11.9 Å². The lowest BCUT2D eigenvalue weighted by molar-refractivity contribution is -0.127. The van der Waals surface area contributed by atoms with Crippen LogP contribution in [-0.4, -0.2) is 27.8 Å². The Morgan fingerprint density at radius 3 is 2.50 bits per heavy atom. The maximum absolute atomic E-state index is 11.9. The van der Waals surface area contributed by atoms with Crippen molar-refractivity contribution in [2.24, 2.45) is 5.73 Å². The van der Waals surface area contributed by atoms with Crippen LogP contribution in [0.3, 0.4) is 0 Å². The summed E-state index contributed by atoms with van der Waals surface area (Å²) in [5.41, 5.74) is 6.11. The van der Waals surface area contributed by atoms with Gasteiger partial charge in [0.2, 0.25) is 11.8 Å². The first-order valence-electron chi connectivity index (χ1n) is 8.19. The molecule has 0 aliphatic carbocycles. The van der Waals surface area contributed by atoms with E-state index in [9.17, 15) is 9.59 Å². The minimum absolute atomic E-state index is 0.114. The number of hydrogen-bond donors (Lipinski definition) is 3. The number of H-pyrrole nitrogens is 1. The highest BCUT2D eigenvalue weighted by Gasteiger charge is 2.18. The van der Waals surface area contributed by atoms with Gasteiger partial charge in [-0.3, -0.25) is 9.59 Å². The topological polar surface area (TPSA) is 101 Å². The normalized spacial score (nSPS) is 12.0. The molecule has 124 valence electrons. The molecule has 1 rings (SSSR count). The van der Waals surface area contributed by atoms with Crippen LogP contribution >= 0.6 is 0 Å². The van der Waals surface area contributed by atoms with Crippen molar-refractivity contribution >= 4 is 11.8 Å². The Kier molecular flexibility index (Phi) is 8.95. The number of nitrogens with two attached hydrogens (primary N) is 1. The first-order chi connectivity index (χ1) is 10.6. The van der Waals surface area contributed by atoms with Gasteiger partial charge in [-0.25, -0.2) is 4.98 Å². The molecule has 6 heteroatoms. The number of aromatic nitrogens is 2. The van der Waals surface area contributed by atoms with Crippen molar-refractivity contribution < 1.29 is 9.59 Å². The highest BCUT2D eigenvalue weighted by molar-refractivity contribution is 5.86. The first kappa shape index (κ1) is 18.2. The largest absolute Gasteiger partial charge is 0.368 e. The molecule has 1 aromatic heterocycles. The summed E-state index contributed by atoms with van der Waals surface area (Å²) in [5.74, 6) is -0.639. The predicted molar refractivity (Wildman–Crippen MR) is 86.0 cm³/mol. The fraction of sp³-hybridized carbons (Fsp3) is 0.688. The molecule has 0 saturated heterocycles. The maximum Gasteiger partial charge on any atom is 0.240 e. The Bertz CT molecular complexity index is 431. The van der Waals surface area contributed by atoms with E-state index in [-0.39, 0.29) is 5.91 Å². The number of carbonyl (C=O) groups excluding carboxylic acids is 2. The van der Waals surface area contributed by atoms with Crippen LogP contribution in [0.1, 0.15) is 64.0 Å². The summed E-state index contributed by atoms with van der Waals surface area (Å²) in [6.07, 6.45) is 12.1. The molecule has 0 aliphatic heterocycles. The average Bonchev–Trinajstić information content (AvgIpc) is 2.98. The minimum Gasteiger partial charge on any atom is -0.368 e. The van der Waals surface area contributed by atoms with E-state index in [4.69, 9.17) is 5.73 Å². The number of rotatable bonds is 12. The molecule has 22 heavy (non-hydrogen) atoms. The number of nitrogens with zero attached hydrogens (tertiary/aromatic N) is 1. The lowest BCUT2D eigenvalue weighted by atomic mass is 10.1. The molecule has 0 spiro atoms. The van der Waals surface area contributed by atoms with Crippen LogP contribution in [0.5, 0.6) is 0 Å². The smallest absolute Gasteiger partial charge is 0.240 e. The number of carbonyl (C=O) groups is 2. The highest BCUT2D eigenvalue weighted by Crippen LogP contribution is 2.08. The van der Waals surface area contributed by atoms with Gasteiger partial charge in [-0.05, 0) is 6.42 Å². The maximum atomic E-state index is 11.9. The van der Waals surface area contributed by atoms with E-state index in [1.165, 1.54) is 38.4 Å². The second-order valence-corrected chi connectivity index (χ2v) is 5.67. The van der Waals surface area contributed by atoms with E-state index in [0.717, 1.165) is 18.5 Å². The van der Waals surface area contributed by atoms with Crippen molar-refractivity contribution in [3.05, 3.63) is 18.2 Å². The summed E-state index contributed by atoms with van der Waals surface area (Å²) in [6, 6.07) is -0.683. The van der Waals surface area contributed by atoms with Crippen LogP contribution in [0.4, 0.5) is 0 Å². The van der Waals surface area contributed by atoms with E-state index in [0.29, 0.717) is 12.8 Å². The van der Waals surface area contributed by atoms with Crippen molar-refractivity contribution in [2.45, 2.75) is 70.8 Å². The van der Waals surface area contributed by atoms with Crippen LogP contribution in [0.15, 0.2) is 12.5 Å². The van der Waals surface area contributed by atoms with E-state index in [2.05, 4.69) is 22.2 Å². The fourth-order valence-electron chi connectivity index (χ4n) is 2.35. The van der Waals surface area contributed by atoms with Crippen LogP contribution < -0.4 is 11.1 Å². The third kappa shape index (κ3) is 7.81. The van der Waals surface area contributed by atoms with Crippen LogP contribution in [0.2, 0.25) is 0 Å². The molecule has 0 unspecified atom stereocenters. The van der Waals surface area contributed by atoms with Crippen molar-refractivity contribution in [1.29, 1.82) is 0 Å². The van der Waals surface area contributed by atoms with Crippen LogP contribution in [-0.2, 0) is 16.0 Å². The number of hydrogen-bond acceptors (Lipinski definition) is 3. The fourth-order valence-corrected chi connectivity index (χ4v) is 2.35. The summed E-state index contributed by atoms with van der Waals surface area (Å²) >= 11 is 0. The third-order valence-electron chi connectivity index (χ3n) is 3.66. The van der Waals surface area contributed by atoms with E-state index in [1.807, 2.05) is 0 Å². The molecular weight excluding hydrogens is 280 g/mol. The first-order valence-corrected chi connectivity index (χ1v) is 8.19. The Morgan fingerprint density at radius 2 is 1.91 bits per heavy atom. The standard InChI is InChI=1S/C16H28N4O2/c1-2-3-4-5-6-7-8-9-15(21)20-14(16(17)22)10-13-11-18-12-19-13/h11-12,14H,2-10H2,1H3,(H2,17,22)(H,18,19)(H,20,21)/t14-/m0/s1. The van der Waals surface area contributed by atoms with Crippen LogP contribution in [0, 0.1) is 0 Å². The number of primary amides is 1. The van der Waals surface area contributed by atoms with E-state index in [1.54, 1.807) is 6.20 Å². The summed E-state index contributed by atoms with van der Waals surface area (Å²) < 4.78 is 0. The monoisotopic (exact) mass is 308 g/mol. The number of amides is 2. The zero-order chi connectivity index (χ0) is 16.2. The number of unbranched alkanes of at least 4 members (excludes halogenated alkanes) is 6. The number of imidazole rings is 1. The zero-order valence-electron chi connectivity index (χ0n) is 13.4. The summed E-state index contributed by atoms with van der Waals surface area (Å²) in [7, 11) is 0. The molecule has 0 fully saturated rings. The summed E-state index contributed by atoms with van der Waals surface area (Å²) in [4.78, 5) is 30.1. The van der Waals surface area contributed by atoms with Gasteiger partial charge in [0, 0.05) is 24.7 Å². The van der Waals surface area contributed by atoms with Gasteiger partial charge in [-0.2, -0.15) is 0 Å². The number of nitrogens with one attached hydrogen (secondary N) is 2. The van der Waals surface area contributed by atoms with Gasteiger partial charge in [-0.1, -0.05) is 45.4 Å². The minimum atomic E-state index is -0.683. The molecule has 0 saturated carbocycles. The summed E-state index contributed by atoms with van der Waals surface area (Å²) in [5, 5.41) is 2.70. The van der Waals surface area contributed by atoms with Gasteiger partial charge in [0.1, 0.15) is 6.04 Å². The number of aromatic amines is 1. The van der Waals surface area contributed by atoms with Crippen molar-refractivity contribution in [1.82, 2.24) is 15.3 Å². The molecule has 6 nitrogen and oxygen atoms in total. The quantitative estimate of drug-likeness (QED) is 0.515. The van der Waals surface area contributed by atoms with Crippen molar-refractivity contribution in [2.75, 3.05) is 0 Å². The van der Waals surface area contributed by atoms with Gasteiger partial charge in [0.15, 0.2) is 0 Å². The lowest BCUT2D eigenvalue weighted by Gasteiger charge is -2.14. The molecule has 0 aliphatic rings. The van der Waals surface area contributed by atoms with Crippen molar-refractivity contribution in [3.63, 3.8) is 0 Å². The lowest BCUT2D eigenvalue weighted by Crippen LogP contribution is -2.45. The predicted octanol–water partition coefficient (Wildman–Crippen LogP) is 2.06. The van der Waals surface area contributed by atoms with Crippen molar-refractivity contribution in [3.8, 4) is 0 Å². The molecule has 0 radical (unpaired) electrons. The molecule has 0 aromatic carbocycles. The second-order valence-electron chi connectivity index (χ2n) is 5.67. The van der Waals surface area contributed by atoms with Gasteiger partial charge in [-0.15, -0.1) is 0 Å². The summed E-state index contributed by atoms with van der Waals surface area (Å²) in [6.45, 7) is 2.20. The van der Waals surface area contributed by atoms with Gasteiger partial charge in [0.25, 0.3) is 0 Å². The molecular formula is C16H28N4O2.